The van der Waals surface area contributed by atoms with Crippen molar-refractivity contribution in [2.45, 2.75) is 38.8 Å². The van der Waals surface area contributed by atoms with E-state index in [1.54, 1.807) is 0 Å². The van der Waals surface area contributed by atoms with E-state index in [2.05, 4.69) is 16.3 Å². The van der Waals surface area contributed by atoms with Gasteiger partial charge in [0.05, 0.1) is 0 Å². The lowest BCUT2D eigenvalue weighted by Crippen LogP contribution is -2.35. The fraction of sp³-hybridized carbons (Fsp3) is 0.435. The highest BCUT2D eigenvalue weighted by Gasteiger charge is 2.23. The van der Waals surface area contributed by atoms with Crippen molar-refractivity contribution >= 4 is 17.5 Å². The van der Waals surface area contributed by atoms with Crippen LogP contribution in [0.2, 0.25) is 5.02 Å². The van der Waals surface area contributed by atoms with Crippen LogP contribution in [0, 0.1) is 5.92 Å². The van der Waals surface area contributed by atoms with Crippen LogP contribution >= 0.6 is 11.6 Å². The van der Waals surface area contributed by atoms with Crippen molar-refractivity contribution in [2.24, 2.45) is 5.92 Å². The molecule has 2 heterocycles. The van der Waals surface area contributed by atoms with Crippen molar-refractivity contribution in [3.8, 4) is 11.5 Å². The van der Waals surface area contributed by atoms with Gasteiger partial charge in [-0.25, -0.2) is 0 Å². The second-order valence-corrected chi connectivity index (χ2v) is 8.21. The zero-order valence-corrected chi connectivity index (χ0v) is 17.3. The van der Waals surface area contributed by atoms with Gasteiger partial charge in [0.25, 0.3) is 0 Å². The molecule has 0 aromatic heterocycles. The third-order valence-electron chi connectivity index (χ3n) is 5.69. The molecule has 1 fully saturated rings. The van der Waals surface area contributed by atoms with Gasteiger partial charge in [0, 0.05) is 36.6 Å². The second kappa shape index (κ2) is 9.51. The number of ether oxygens (including phenoxy) is 2. The summed E-state index contributed by atoms with van der Waals surface area (Å²) in [6, 6.07) is 13.7. The predicted molar refractivity (Wildman–Crippen MR) is 113 cm³/mol. The lowest BCUT2D eigenvalue weighted by Gasteiger charge is -2.33. The van der Waals surface area contributed by atoms with Crippen LogP contribution in [0.25, 0.3) is 0 Å². The van der Waals surface area contributed by atoms with Gasteiger partial charge in [0.15, 0.2) is 11.5 Å². The van der Waals surface area contributed by atoms with Gasteiger partial charge in [0.2, 0.25) is 12.7 Å². The molecule has 0 radical (unpaired) electrons. The topological polar surface area (TPSA) is 50.8 Å². The zero-order valence-electron chi connectivity index (χ0n) is 16.5. The third kappa shape index (κ3) is 5.22. The van der Waals surface area contributed by atoms with Crippen LogP contribution in [0.5, 0.6) is 11.5 Å². The highest BCUT2D eigenvalue weighted by molar-refractivity contribution is 6.31. The molecule has 1 N–H and O–H groups in total. The summed E-state index contributed by atoms with van der Waals surface area (Å²) in [5, 5.41) is 3.68. The Labute approximate surface area is 176 Å². The average molecular weight is 415 g/mol. The van der Waals surface area contributed by atoms with Gasteiger partial charge in [-0.3, -0.25) is 9.69 Å². The van der Waals surface area contributed by atoms with E-state index < -0.39 is 0 Å². The van der Waals surface area contributed by atoms with E-state index in [1.807, 2.05) is 36.4 Å². The quantitative estimate of drug-likeness (QED) is 0.730. The molecule has 4 rings (SSSR count). The minimum atomic E-state index is 0.0912. The van der Waals surface area contributed by atoms with E-state index >= 15 is 0 Å². The summed E-state index contributed by atoms with van der Waals surface area (Å²) in [6.07, 6.45) is 3.82. The Hall–Kier alpha value is -2.24. The van der Waals surface area contributed by atoms with E-state index in [9.17, 15) is 4.79 Å². The summed E-state index contributed by atoms with van der Waals surface area (Å²) in [5.41, 5.74) is 2.13. The summed E-state index contributed by atoms with van der Waals surface area (Å²) in [4.78, 5) is 14.7. The smallest absolute Gasteiger partial charge is 0.231 e. The molecule has 1 amide bonds. The van der Waals surface area contributed by atoms with E-state index in [1.165, 1.54) is 12.0 Å². The molecule has 1 atom stereocenters. The molecule has 5 nitrogen and oxygen atoms in total. The first-order valence-corrected chi connectivity index (χ1v) is 10.7. The van der Waals surface area contributed by atoms with Crippen molar-refractivity contribution in [1.82, 2.24) is 10.2 Å². The second-order valence-electron chi connectivity index (χ2n) is 7.80. The number of piperidine rings is 1. The summed E-state index contributed by atoms with van der Waals surface area (Å²) in [5.74, 6) is 2.36. The number of benzene rings is 2. The summed E-state index contributed by atoms with van der Waals surface area (Å²) < 4.78 is 11.1. The monoisotopic (exact) mass is 414 g/mol. The Bertz CT molecular complexity index is 858. The van der Waals surface area contributed by atoms with Gasteiger partial charge < -0.3 is 14.8 Å². The fourth-order valence-electron chi connectivity index (χ4n) is 4.15. The largest absolute Gasteiger partial charge is 0.454 e. The van der Waals surface area contributed by atoms with Crippen LogP contribution in [0.4, 0.5) is 0 Å². The van der Waals surface area contributed by atoms with Gasteiger partial charge in [-0.15, -0.1) is 0 Å². The average Bonchev–Trinajstić information content (AvgIpc) is 3.22. The molecule has 29 heavy (non-hydrogen) atoms. The van der Waals surface area contributed by atoms with Crippen LogP contribution in [0.15, 0.2) is 42.5 Å². The van der Waals surface area contributed by atoms with Crippen molar-refractivity contribution < 1.29 is 14.3 Å². The van der Waals surface area contributed by atoms with Crippen LogP contribution in [-0.2, 0) is 17.9 Å². The number of carbonyl (C=O) groups is 1. The van der Waals surface area contributed by atoms with Crippen molar-refractivity contribution in [3.05, 3.63) is 58.6 Å². The predicted octanol–water partition coefficient (Wildman–Crippen LogP) is 4.38. The van der Waals surface area contributed by atoms with Gasteiger partial charge in [-0.2, -0.15) is 0 Å². The van der Waals surface area contributed by atoms with Gasteiger partial charge in [0.1, 0.15) is 0 Å². The van der Waals surface area contributed by atoms with Crippen LogP contribution in [-0.4, -0.2) is 30.7 Å². The highest BCUT2D eigenvalue weighted by Crippen LogP contribution is 2.36. The molecule has 0 bridgehead atoms. The number of nitrogens with zero attached hydrogens (tertiary/aromatic N) is 1. The molecule has 1 saturated heterocycles. The SMILES string of the molecule is O=C(CC[C@H]1CCCN(Cc2cccc3c2OCO3)C1)NCc1ccccc1Cl. The van der Waals surface area contributed by atoms with E-state index in [4.69, 9.17) is 21.1 Å². The molecule has 2 aromatic carbocycles. The normalized spacial score (nSPS) is 18.6. The van der Waals surface area contributed by atoms with E-state index in [0.29, 0.717) is 30.7 Å². The lowest BCUT2D eigenvalue weighted by molar-refractivity contribution is -0.121. The van der Waals surface area contributed by atoms with Crippen molar-refractivity contribution in [2.75, 3.05) is 19.9 Å². The third-order valence-corrected chi connectivity index (χ3v) is 6.06. The first-order chi connectivity index (χ1) is 14.2. The maximum Gasteiger partial charge on any atom is 0.231 e. The molecule has 2 aliphatic rings. The number of hydrogen-bond donors (Lipinski definition) is 1. The van der Waals surface area contributed by atoms with Gasteiger partial charge >= 0.3 is 0 Å². The highest BCUT2D eigenvalue weighted by atomic mass is 35.5. The number of nitrogens with one attached hydrogen (secondary N) is 1. The Morgan fingerprint density at radius 1 is 1.14 bits per heavy atom. The molecule has 0 saturated carbocycles. The molecule has 2 aromatic rings. The van der Waals surface area contributed by atoms with Gasteiger partial charge in [-0.05, 0) is 49.4 Å². The molecular formula is C23H27ClN2O3. The first-order valence-electron chi connectivity index (χ1n) is 10.3. The lowest BCUT2D eigenvalue weighted by atomic mass is 9.93. The van der Waals surface area contributed by atoms with Crippen LogP contribution in [0.1, 0.15) is 36.8 Å². The number of carbonyl (C=O) groups excluding carboxylic acids is 1. The Morgan fingerprint density at radius 2 is 2.00 bits per heavy atom. The molecule has 2 aliphatic heterocycles. The Kier molecular flexibility index (Phi) is 6.57. The molecule has 0 unspecified atom stereocenters. The maximum atomic E-state index is 12.3. The van der Waals surface area contributed by atoms with Crippen LogP contribution in [0.3, 0.4) is 0 Å². The van der Waals surface area contributed by atoms with Crippen molar-refractivity contribution in [1.29, 1.82) is 0 Å². The zero-order chi connectivity index (χ0) is 20.1. The Morgan fingerprint density at radius 3 is 2.90 bits per heavy atom. The van der Waals surface area contributed by atoms with Crippen molar-refractivity contribution in [3.63, 3.8) is 0 Å². The number of halogens is 1. The molecule has 6 heteroatoms. The summed E-state index contributed by atoms with van der Waals surface area (Å²) in [7, 11) is 0. The van der Waals surface area contributed by atoms with E-state index in [-0.39, 0.29) is 5.91 Å². The molecule has 154 valence electrons. The summed E-state index contributed by atoms with van der Waals surface area (Å²) in [6.45, 7) is 3.75. The minimum Gasteiger partial charge on any atom is -0.454 e. The summed E-state index contributed by atoms with van der Waals surface area (Å²) >= 11 is 6.15. The number of amides is 1. The Balaban J connectivity index is 1.23. The van der Waals surface area contributed by atoms with Crippen LogP contribution < -0.4 is 14.8 Å². The number of hydrogen-bond acceptors (Lipinski definition) is 4. The number of likely N-dealkylation sites (tertiary alicyclic amines) is 1. The van der Waals surface area contributed by atoms with Gasteiger partial charge in [-0.1, -0.05) is 41.9 Å². The molecule has 0 spiro atoms. The first kappa shape index (κ1) is 20.0. The standard InChI is InChI=1S/C23H27ClN2O3/c24-20-8-2-1-6-18(20)13-25-22(27)11-10-17-5-4-12-26(14-17)15-19-7-3-9-21-23(19)29-16-28-21/h1-3,6-9,17H,4-5,10-16H2,(H,25,27)/t17-/m1/s1. The molecule has 0 aliphatic carbocycles. The maximum absolute atomic E-state index is 12.3. The number of para-hydroxylation sites is 1. The number of rotatable bonds is 7. The fourth-order valence-corrected chi connectivity index (χ4v) is 4.35. The minimum absolute atomic E-state index is 0.0912. The molecular weight excluding hydrogens is 388 g/mol. The number of fused-ring (bicyclic) bond motifs is 1. The van der Waals surface area contributed by atoms with E-state index in [0.717, 1.165) is 49.5 Å².